The molecule has 1 aromatic rings. The minimum Gasteiger partial charge on any atom is -0.490 e. The lowest BCUT2D eigenvalue weighted by molar-refractivity contribution is 0.296. The Hall–Kier alpha value is -0.870. The Bertz CT molecular complexity index is 382. The molecule has 1 unspecified atom stereocenters. The number of rotatable bonds is 3. The first kappa shape index (κ1) is 12.6. The van der Waals surface area contributed by atoms with Crippen LogP contribution in [0.5, 0.6) is 11.5 Å². The highest BCUT2D eigenvalue weighted by Gasteiger charge is 2.16. The molecule has 0 spiro atoms. The molecule has 0 aliphatic carbocycles. The molecule has 1 aliphatic rings. The number of hydrogen-bond donors (Lipinski definition) is 1. The largest absolute Gasteiger partial charge is 0.490 e. The Kier molecular flexibility index (Phi) is 4.18. The second-order valence-corrected chi connectivity index (χ2v) is 4.78. The topological polar surface area (TPSA) is 21.7 Å². The average molecular weight is 253 g/mol. The van der Waals surface area contributed by atoms with E-state index >= 15 is 0 Å². The SMILES string of the molecule is CN(C)C(CS)c1ccc2c(c1)OCCCO2. The molecule has 1 heterocycles. The number of ether oxygens (including phenoxy) is 2. The monoisotopic (exact) mass is 253 g/mol. The third kappa shape index (κ3) is 2.87. The summed E-state index contributed by atoms with van der Waals surface area (Å²) >= 11 is 4.40. The highest BCUT2D eigenvalue weighted by molar-refractivity contribution is 7.80. The molecule has 94 valence electrons. The van der Waals surface area contributed by atoms with E-state index in [1.165, 1.54) is 5.56 Å². The molecule has 0 aromatic heterocycles. The maximum atomic E-state index is 5.70. The number of thiol groups is 1. The Morgan fingerprint density at radius 3 is 2.59 bits per heavy atom. The van der Waals surface area contributed by atoms with Crippen molar-refractivity contribution in [3.8, 4) is 11.5 Å². The van der Waals surface area contributed by atoms with Crippen LogP contribution in [-0.2, 0) is 0 Å². The summed E-state index contributed by atoms with van der Waals surface area (Å²) in [6.07, 6.45) is 0.938. The van der Waals surface area contributed by atoms with Gasteiger partial charge in [-0.15, -0.1) is 0 Å². The van der Waals surface area contributed by atoms with Crippen molar-refractivity contribution in [2.24, 2.45) is 0 Å². The fourth-order valence-electron chi connectivity index (χ4n) is 1.95. The molecule has 2 rings (SSSR count). The summed E-state index contributed by atoms with van der Waals surface area (Å²) in [5.41, 5.74) is 1.22. The van der Waals surface area contributed by atoms with Gasteiger partial charge in [-0.25, -0.2) is 0 Å². The first-order valence-corrected chi connectivity index (χ1v) is 6.52. The first-order chi connectivity index (χ1) is 8.22. The minimum atomic E-state index is 0.301. The maximum absolute atomic E-state index is 5.70. The van der Waals surface area contributed by atoms with Crippen LogP contribution >= 0.6 is 12.6 Å². The van der Waals surface area contributed by atoms with Gasteiger partial charge in [0.2, 0.25) is 0 Å². The Labute approximate surface area is 108 Å². The molecule has 1 aromatic carbocycles. The van der Waals surface area contributed by atoms with Crippen LogP contribution in [0, 0.1) is 0 Å². The number of nitrogens with zero attached hydrogens (tertiary/aromatic N) is 1. The maximum Gasteiger partial charge on any atom is 0.161 e. The molecule has 3 nitrogen and oxygen atoms in total. The van der Waals surface area contributed by atoms with E-state index in [0.717, 1.165) is 36.9 Å². The van der Waals surface area contributed by atoms with Crippen molar-refractivity contribution in [3.05, 3.63) is 23.8 Å². The van der Waals surface area contributed by atoms with Gasteiger partial charge < -0.3 is 14.4 Å². The lowest BCUT2D eigenvalue weighted by Gasteiger charge is -2.23. The van der Waals surface area contributed by atoms with Gasteiger partial charge in [0, 0.05) is 18.2 Å². The fourth-order valence-corrected chi connectivity index (χ4v) is 2.49. The van der Waals surface area contributed by atoms with Crippen LogP contribution in [0.2, 0.25) is 0 Å². The standard InChI is InChI=1S/C13H19NO2S/c1-14(2)11(9-17)10-4-5-12-13(8-10)16-7-3-6-15-12/h4-5,8,11,17H,3,6-7,9H2,1-2H3. The Morgan fingerprint density at radius 1 is 1.24 bits per heavy atom. The minimum absolute atomic E-state index is 0.301. The van der Waals surface area contributed by atoms with E-state index in [4.69, 9.17) is 9.47 Å². The number of fused-ring (bicyclic) bond motifs is 1. The summed E-state index contributed by atoms with van der Waals surface area (Å²) in [5, 5.41) is 0. The van der Waals surface area contributed by atoms with Crippen molar-refractivity contribution in [3.63, 3.8) is 0 Å². The van der Waals surface area contributed by atoms with Gasteiger partial charge in [0.1, 0.15) is 0 Å². The fraction of sp³-hybridized carbons (Fsp3) is 0.538. The molecule has 0 saturated carbocycles. The molecule has 0 radical (unpaired) electrons. The van der Waals surface area contributed by atoms with E-state index in [1.807, 2.05) is 6.07 Å². The predicted octanol–water partition coefficient (Wildman–Crippen LogP) is 2.38. The molecule has 1 atom stereocenters. The molecule has 0 N–H and O–H groups in total. The molecule has 4 heteroatoms. The van der Waals surface area contributed by atoms with Crippen LogP contribution in [0.25, 0.3) is 0 Å². The van der Waals surface area contributed by atoms with Crippen LogP contribution in [0.1, 0.15) is 18.0 Å². The summed E-state index contributed by atoms with van der Waals surface area (Å²) in [6, 6.07) is 6.46. The summed E-state index contributed by atoms with van der Waals surface area (Å²) in [5.74, 6) is 2.49. The highest BCUT2D eigenvalue weighted by atomic mass is 32.1. The highest BCUT2D eigenvalue weighted by Crippen LogP contribution is 2.33. The zero-order valence-corrected chi connectivity index (χ0v) is 11.2. The first-order valence-electron chi connectivity index (χ1n) is 5.89. The van der Waals surface area contributed by atoms with Gasteiger partial charge >= 0.3 is 0 Å². The van der Waals surface area contributed by atoms with Crippen LogP contribution in [0.3, 0.4) is 0 Å². The van der Waals surface area contributed by atoms with Crippen molar-refractivity contribution < 1.29 is 9.47 Å². The number of hydrogen-bond acceptors (Lipinski definition) is 4. The third-order valence-corrected chi connectivity index (χ3v) is 3.30. The quantitative estimate of drug-likeness (QED) is 0.836. The van der Waals surface area contributed by atoms with E-state index < -0.39 is 0 Å². The normalized spacial score (nSPS) is 16.7. The van der Waals surface area contributed by atoms with Gasteiger partial charge in [-0.1, -0.05) is 6.07 Å². The van der Waals surface area contributed by atoms with Crippen molar-refractivity contribution in [2.75, 3.05) is 33.1 Å². The average Bonchev–Trinajstić information content (AvgIpc) is 2.54. The van der Waals surface area contributed by atoms with Gasteiger partial charge in [0.05, 0.1) is 13.2 Å². The van der Waals surface area contributed by atoms with Gasteiger partial charge in [-0.05, 0) is 31.8 Å². The van der Waals surface area contributed by atoms with Gasteiger partial charge in [-0.2, -0.15) is 12.6 Å². The number of benzene rings is 1. The van der Waals surface area contributed by atoms with Crippen molar-refractivity contribution in [1.82, 2.24) is 4.90 Å². The second kappa shape index (κ2) is 5.65. The zero-order chi connectivity index (χ0) is 12.3. The Morgan fingerprint density at radius 2 is 1.94 bits per heavy atom. The van der Waals surface area contributed by atoms with E-state index in [0.29, 0.717) is 6.04 Å². The summed E-state index contributed by atoms with van der Waals surface area (Å²) in [4.78, 5) is 2.16. The Balaban J connectivity index is 2.28. The van der Waals surface area contributed by atoms with Crippen LogP contribution < -0.4 is 9.47 Å². The predicted molar refractivity (Wildman–Crippen MR) is 72.3 cm³/mol. The van der Waals surface area contributed by atoms with Crippen molar-refractivity contribution in [2.45, 2.75) is 12.5 Å². The van der Waals surface area contributed by atoms with Gasteiger partial charge in [0.15, 0.2) is 11.5 Å². The molecule has 1 aliphatic heterocycles. The summed E-state index contributed by atoms with van der Waals surface area (Å²) < 4.78 is 11.3. The van der Waals surface area contributed by atoms with E-state index in [9.17, 15) is 0 Å². The molecule has 0 bridgehead atoms. The van der Waals surface area contributed by atoms with E-state index in [-0.39, 0.29) is 0 Å². The zero-order valence-electron chi connectivity index (χ0n) is 10.3. The van der Waals surface area contributed by atoms with Crippen LogP contribution in [-0.4, -0.2) is 38.0 Å². The lowest BCUT2D eigenvalue weighted by Crippen LogP contribution is -2.21. The molecular weight excluding hydrogens is 234 g/mol. The summed E-state index contributed by atoms with van der Waals surface area (Å²) in [6.45, 7) is 1.46. The second-order valence-electron chi connectivity index (χ2n) is 4.42. The molecule has 0 saturated heterocycles. The van der Waals surface area contributed by atoms with Crippen molar-refractivity contribution >= 4 is 12.6 Å². The van der Waals surface area contributed by atoms with Crippen molar-refractivity contribution in [1.29, 1.82) is 0 Å². The van der Waals surface area contributed by atoms with Gasteiger partial charge in [0.25, 0.3) is 0 Å². The summed E-state index contributed by atoms with van der Waals surface area (Å²) in [7, 11) is 4.12. The third-order valence-electron chi connectivity index (χ3n) is 2.95. The van der Waals surface area contributed by atoms with E-state index in [1.54, 1.807) is 0 Å². The van der Waals surface area contributed by atoms with E-state index in [2.05, 4.69) is 43.8 Å². The molecule has 0 fully saturated rings. The van der Waals surface area contributed by atoms with Gasteiger partial charge in [-0.3, -0.25) is 0 Å². The smallest absolute Gasteiger partial charge is 0.161 e. The molecule has 17 heavy (non-hydrogen) atoms. The van der Waals surface area contributed by atoms with Crippen LogP contribution in [0.15, 0.2) is 18.2 Å². The lowest BCUT2D eigenvalue weighted by atomic mass is 10.1. The molecular formula is C13H19NO2S. The van der Waals surface area contributed by atoms with Crippen LogP contribution in [0.4, 0.5) is 0 Å². The molecule has 0 amide bonds.